The largest absolute Gasteiger partial charge is 0.121 e. The summed E-state index contributed by atoms with van der Waals surface area (Å²) in [5.74, 6) is 1.58. The Labute approximate surface area is 84.7 Å². The Morgan fingerprint density at radius 3 is 1.85 bits per heavy atom. The van der Waals surface area contributed by atoms with E-state index in [2.05, 4.69) is 35.0 Å². The summed E-state index contributed by atoms with van der Waals surface area (Å²) in [5.41, 5.74) is 0. The van der Waals surface area contributed by atoms with Crippen LogP contribution in [0, 0.1) is 5.92 Å². The van der Waals surface area contributed by atoms with Gasteiger partial charge in [0.15, 0.2) is 0 Å². The molecule has 1 aliphatic carbocycles. The lowest BCUT2D eigenvalue weighted by Crippen LogP contribution is -2.30. The first-order valence-corrected chi connectivity index (χ1v) is 5.93. The second-order valence-electron chi connectivity index (χ2n) is 5.36. The highest BCUT2D eigenvalue weighted by atomic mass is 14.3. The normalized spacial score (nSPS) is 22.3. The van der Waals surface area contributed by atoms with E-state index in [0.29, 0.717) is 5.31 Å². The molecule has 0 aliphatic heterocycles. The van der Waals surface area contributed by atoms with Crippen molar-refractivity contribution in [1.82, 2.24) is 0 Å². The van der Waals surface area contributed by atoms with Crippen molar-refractivity contribution >= 4 is 7.28 Å². The molecule has 0 amide bonds. The van der Waals surface area contributed by atoms with E-state index in [1.165, 1.54) is 32.1 Å². The Morgan fingerprint density at radius 1 is 0.923 bits per heavy atom. The first-order chi connectivity index (χ1) is 6.07. The van der Waals surface area contributed by atoms with E-state index in [9.17, 15) is 0 Å². The Morgan fingerprint density at radius 2 is 1.46 bits per heavy atom. The van der Waals surface area contributed by atoms with Crippen molar-refractivity contribution in [2.75, 3.05) is 0 Å². The lowest BCUT2D eigenvalue weighted by molar-refractivity contribution is 0.293. The van der Waals surface area contributed by atoms with Crippen LogP contribution in [0.25, 0.3) is 0 Å². The van der Waals surface area contributed by atoms with Crippen LogP contribution in [0.2, 0.25) is 11.1 Å². The monoisotopic (exact) mass is 179 g/mol. The van der Waals surface area contributed by atoms with Gasteiger partial charge in [-0.25, -0.2) is 0 Å². The van der Waals surface area contributed by atoms with Crippen molar-refractivity contribution in [2.24, 2.45) is 5.92 Å². The molecule has 1 fully saturated rings. The Bertz CT molecular complexity index is 143. The molecule has 0 aromatic rings. The highest BCUT2D eigenvalue weighted by Gasteiger charge is 2.35. The van der Waals surface area contributed by atoms with Crippen LogP contribution in [-0.4, -0.2) is 7.28 Å². The van der Waals surface area contributed by atoms with Gasteiger partial charge < -0.3 is 0 Å². The van der Waals surface area contributed by atoms with Gasteiger partial charge in [-0.3, -0.25) is 0 Å². The van der Waals surface area contributed by atoms with Crippen molar-refractivity contribution in [1.29, 1.82) is 0 Å². The fraction of sp³-hybridized carbons (Fsp3) is 1.00. The zero-order valence-electron chi connectivity index (χ0n) is 9.77. The molecular formula is C12H24B. The molecule has 0 atom stereocenters. The van der Waals surface area contributed by atoms with Gasteiger partial charge in [0, 0.05) is 0 Å². The summed E-state index contributed by atoms with van der Waals surface area (Å²) in [5, 5.41) is 0.576. The molecule has 1 rings (SSSR count). The van der Waals surface area contributed by atoms with E-state index in [-0.39, 0.29) is 0 Å². The standard InChI is InChI=1S/C12H24B/c1-10(2)12(13-11(3)4)8-6-5-7-9-12/h10-11H,5-9H2,1-4H3. The summed E-state index contributed by atoms with van der Waals surface area (Å²) < 4.78 is 0. The van der Waals surface area contributed by atoms with E-state index in [1.807, 2.05) is 0 Å². The summed E-state index contributed by atoms with van der Waals surface area (Å²) in [6.07, 6.45) is 7.22. The molecule has 0 heterocycles. The molecule has 75 valence electrons. The van der Waals surface area contributed by atoms with Gasteiger partial charge in [-0.15, -0.1) is 0 Å². The first kappa shape index (κ1) is 11.1. The molecular weight excluding hydrogens is 155 g/mol. The first-order valence-electron chi connectivity index (χ1n) is 5.93. The number of hydrogen-bond acceptors (Lipinski definition) is 0. The number of hydrogen-bond donors (Lipinski definition) is 0. The molecule has 0 bridgehead atoms. The molecule has 1 aliphatic rings. The minimum Gasteiger partial charge on any atom is -0.0738 e. The zero-order valence-corrected chi connectivity index (χ0v) is 9.77. The molecule has 0 N–H and O–H groups in total. The Balaban J connectivity index is 2.61. The minimum atomic E-state index is 0.576. The minimum absolute atomic E-state index is 0.576. The topological polar surface area (TPSA) is 0 Å². The third kappa shape index (κ3) is 2.75. The van der Waals surface area contributed by atoms with Gasteiger partial charge in [0.05, 0.1) is 0 Å². The maximum Gasteiger partial charge on any atom is 0.121 e. The van der Waals surface area contributed by atoms with Crippen LogP contribution in [0.15, 0.2) is 0 Å². The van der Waals surface area contributed by atoms with Crippen molar-refractivity contribution in [3.8, 4) is 0 Å². The van der Waals surface area contributed by atoms with Gasteiger partial charge in [-0.05, 0) is 5.92 Å². The predicted octanol–water partition coefficient (Wildman–Crippen LogP) is 4.30. The van der Waals surface area contributed by atoms with E-state index in [0.717, 1.165) is 11.7 Å². The molecule has 0 unspecified atom stereocenters. The second-order valence-corrected chi connectivity index (χ2v) is 5.36. The summed E-state index contributed by atoms with van der Waals surface area (Å²) in [4.78, 5) is 0. The van der Waals surface area contributed by atoms with Gasteiger partial charge in [-0.1, -0.05) is 70.9 Å². The lowest BCUT2D eigenvalue weighted by atomic mass is 9.39. The van der Waals surface area contributed by atoms with Crippen LogP contribution < -0.4 is 0 Å². The lowest BCUT2D eigenvalue weighted by Gasteiger charge is -2.42. The maximum atomic E-state index is 2.62. The SMILES string of the molecule is CC(C)[B]C1(C(C)C)CCCCC1. The predicted molar refractivity (Wildman–Crippen MR) is 61.5 cm³/mol. The fourth-order valence-corrected chi connectivity index (χ4v) is 2.81. The molecule has 0 aromatic heterocycles. The van der Waals surface area contributed by atoms with E-state index < -0.39 is 0 Å². The van der Waals surface area contributed by atoms with E-state index >= 15 is 0 Å². The zero-order chi connectivity index (χ0) is 9.90. The van der Waals surface area contributed by atoms with Gasteiger partial charge in [0.1, 0.15) is 7.28 Å². The molecule has 0 nitrogen and oxygen atoms in total. The van der Waals surface area contributed by atoms with Crippen LogP contribution >= 0.6 is 0 Å². The summed E-state index contributed by atoms with van der Waals surface area (Å²) in [7, 11) is 2.62. The van der Waals surface area contributed by atoms with Gasteiger partial charge in [0.25, 0.3) is 0 Å². The van der Waals surface area contributed by atoms with Crippen molar-refractivity contribution in [3.63, 3.8) is 0 Å². The Hall–Kier alpha value is 0.0649. The second kappa shape index (κ2) is 4.53. The molecule has 13 heavy (non-hydrogen) atoms. The van der Waals surface area contributed by atoms with Crippen molar-refractivity contribution < 1.29 is 0 Å². The molecule has 1 radical (unpaired) electrons. The van der Waals surface area contributed by atoms with Gasteiger partial charge in [-0.2, -0.15) is 0 Å². The fourth-order valence-electron chi connectivity index (χ4n) is 2.81. The highest BCUT2D eigenvalue weighted by molar-refractivity contribution is 6.41. The van der Waals surface area contributed by atoms with Gasteiger partial charge >= 0.3 is 0 Å². The molecule has 1 heteroatoms. The van der Waals surface area contributed by atoms with Crippen molar-refractivity contribution in [3.05, 3.63) is 0 Å². The van der Waals surface area contributed by atoms with E-state index in [4.69, 9.17) is 0 Å². The highest BCUT2D eigenvalue weighted by Crippen LogP contribution is 2.49. The summed E-state index contributed by atoms with van der Waals surface area (Å²) in [6.45, 7) is 9.42. The summed E-state index contributed by atoms with van der Waals surface area (Å²) >= 11 is 0. The third-order valence-corrected chi connectivity index (χ3v) is 3.60. The van der Waals surface area contributed by atoms with Crippen LogP contribution in [0.1, 0.15) is 59.8 Å². The van der Waals surface area contributed by atoms with Crippen LogP contribution in [0.3, 0.4) is 0 Å². The van der Waals surface area contributed by atoms with E-state index in [1.54, 1.807) is 0 Å². The maximum absolute atomic E-state index is 2.62. The third-order valence-electron chi connectivity index (χ3n) is 3.60. The van der Waals surface area contributed by atoms with Crippen LogP contribution in [0.5, 0.6) is 0 Å². The molecule has 1 saturated carbocycles. The summed E-state index contributed by atoms with van der Waals surface area (Å²) in [6, 6.07) is 0. The van der Waals surface area contributed by atoms with Crippen LogP contribution in [-0.2, 0) is 0 Å². The van der Waals surface area contributed by atoms with Gasteiger partial charge in [0.2, 0.25) is 0 Å². The Kier molecular flexibility index (Phi) is 3.88. The smallest absolute Gasteiger partial charge is 0.0738 e. The average Bonchev–Trinajstić information content (AvgIpc) is 2.04. The quantitative estimate of drug-likeness (QED) is 0.566. The number of rotatable bonds is 3. The molecule has 0 saturated heterocycles. The average molecular weight is 179 g/mol. The molecule has 0 spiro atoms. The van der Waals surface area contributed by atoms with Crippen LogP contribution in [0.4, 0.5) is 0 Å². The molecule has 0 aromatic carbocycles. The van der Waals surface area contributed by atoms with Crippen molar-refractivity contribution in [2.45, 2.75) is 70.9 Å².